The van der Waals surface area contributed by atoms with Crippen molar-refractivity contribution in [3.05, 3.63) is 30.3 Å². The largest absolute Gasteiger partial charge is 0.466 e. The van der Waals surface area contributed by atoms with Gasteiger partial charge in [0.05, 0.1) is 41.1 Å². The molecule has 7 heteroatoms. The zero-order chi connectivity index (χ0) is 18.4. The van der Waals surface area contributed by atoms with E-state index >= 15 is 0 Å². The normalized spacial score (nSPS) is 27.3. The SMILES string of the molecule is CCOC(=O)[C@@H]1C[C@@H]([S@@](=O)c2ccccc2)[C@@H](Cl)C[C@H]1C(=O)OCC. The van der Waals surface area contributed by atoms with E-state index in [0.29, 0.717) is 4.90 Å². The fourth-order valence-electron chi connectivity index (χ4n) is 3.09. The molecule has 0 saturated heterocycles. The Bertz CT molecular complexity index is 621. The van der Waals surface area contributed by atoms with Crippen LogP contribution in [0.4, 0.5) is 0 Å². The van der Waals surface area contributed by atoms with Crippen molar-refractivity contribution in [2.24, 2.45) is 11.8 Å². The van der Waals surface area contributed by atoms with Crippen LogP contribution >= 0.6 is 11.6 Å². The van der Waals surface area contributed by atoms with Crippen LogP contribution in [0.2, 0.25) is 0 Å². The van der Waals surface area contributed by atoms with Gasteiger partial charge in [0.25, 0.3) is 0 Å². The third-order valence-electron chi connectivity index (χ3n) is 4.28. The fraction of sp³-hybridized carbons (Fsp3) is 0.556. The van der Waals surface area contributed by atoms with Gasteiger partial charge in [-0.25, -0.2) is 0 Å². The standard InChI is InChI=1S/C18H23ClO5S/c1-3-23-17(20)13-10-15(19)16(11-14(13)18(21)24-4-2)25(22)12-8-6-5-7-9-12/h5-9,13-16H,3-4,10-11H2,1-2H3/t13-,14-,15+,16-,25+/m1/s1. The number of hydrogen-bond acceptors (Lipinski definition) is 5. The predicted octanol–water partition coefficient (Wildman–Crippen LogP) is 2.92. The number of alkyl halides is 1. The van der Waals surface area contributed by atoms with E-state index in [1.54, 1.807) is 26.0 Å². The van der Waals surface area contributed by atoms with E-state index in [0.717, 1.165) is 0 Å². The molecule has 1 fully saturated rings. The lowest BCUT2D eigenvalue weighted by Crippen LogP contribution is -2.45. The first-order valence-electron chi connectivity index (χ1n) is 8.42. The van der Waals surface area contributed by atoms with Crippen LogP contribution in [-0.4, -0.2) is 40.0 Å². The van der Waals surface area contributed by atoms with E-state index in [2.05, 4.69) is 0 Å². The lowest BCUT2D eigenvalue weighted by molar-refractivity contribution is -0.162. The van der Waals surface area contributed by atoms with Gasteiger partial charge in [-0.1, -0.05) is 18.2 Å². The summed E-state index contributed by atoms with van der Waals surface area (Å²) in [4.78, 5) is 25.3. The summed E-state index contributed by atoms with van der Waals surface area (Å²) in [6.07, 6.45) is 0.477. The number of halogens is 1. The summed E-state index contributed by atoms with van der Waals surface area (Å²) in [6, 6.07) is 9.01. The lowest BCUT2D eigenvalue weighted by Gasteiger charge is -2.36. The smallest absolute Gasteiger partial charge is 0.309 e. The average Bonchev–Trinajstić information content (AvgIpc) is 2.62. The van der Waals surface area contributed by atoms with E-state index in [-0.39, 0.29) is 26.1 Å². The van der Waals surface area contributed by atoms with Gasteiger partial charge in [-0.15, -0.1) is 11.6 Å². The van der Waals surface area contributed by atoms with Crippen molar-refractivity contribution in [1.29, 1.82) is 0 Å². The molecule has 5 atom stereocenters. The second kappa shape index (κ2) is 9.34. The van der Waals surface area contributed by atoms with Gasteiger partial charge in [0.1, 0.15) is 0 Å². The molecule has 138 valence electrons. The number of hydrogen-bond donors (Lipinski definition) is 0. The van der Waals surface area contributed by atoms with Crippen LogP contribution in [0.15, 0.2) is 35.2 Å². The Kier molecular flexibility index (Phi) is 7.44. The van der Waals surface area contributed by atoms with E-state index in [9.17, 15) is 13.8 Å². The van der Waals surface area contributed by atoms with Crippen molar-refractivity contribution in [1.82, 2.24) is 0 Å². The first-order chi connectivity index (χ1) is 12.0. The van der Waals surface area contributed by atoms with Crippen LogP contribution in [0.25, 0.3) is 0 Å². The Morgan fingerprint density at radius 2 is 1.56 bits per heavy atom. The molecule has 0 N–H and O–H groups in total. The average molecular weight is 387 g/mol. The van der Waals surface area contributed by atoms with Crippen molar-refractivity contribution in [2.45, 2.75) is 42.2 Å². The first-order valence-corrected chi connectivity index (χ1v) is 10.1. The number of carbonyl (C=O) groups is 2. The highest BCUT2D eigenvalue weighted by Crippen LogP contribution is 2.38. The molecule has 0 amide bonds. The molecule has 25 heavy (non-hydrogen) atoms. The van der Waals surface area contributed by atoms with Gasteiger partial charge in [-0.05, 0) is 38.8 Å². The van der Waals surface area contributed by atoms with Gasteiger partial charge in [0.2, 0.25) is 0 Å². The van der Waals surface area contributed by atoms with Crippen LogP contribution in [0, 0.1) is 11.8 Å². The summed E-state index contributed by atoms with van der Waals surface area (Å²) in [6.45, 7) is 3.88. The second-order valence-electron chi connectivity index (χ2n) is 5.85. The Morgan fingerprint density at radius 1 is 1.04 bits per heavy atom. The van der Waals surface area contributed by atoms with Crippen LogP contribution in [0.3, 0.4) is 0 Å². The van der Waals surface area contributed by atoms with Gasteiger partial charge in [0.15, 0.2) is 0 Å². The van der Waals surface area contributed by atoms with Crippen molar-refractivity contribution in [3.8, 4) is 0 Å². The highest BCUT2D eigenvalue weighted by Gasteiger charge is 2.46. The summed E-state index contributed by atoms with van der Waals surface area (Å²) in [5.74, 6) is -2.26. The summed E-state index contributed by atoms with van der Waals surface area (Å²) < 4.78 is 23.1. The van der Waals surface area contributed by atoms with Crippen molar-refractivity contribution >= 4 is 34.3 Å². The van der Waals surface area contributed by atoms with Crippen molar-refractivity contribution < 1.29 is 23.3 Å². The quantitative estimate of drug-likeness (QED) is 0.555. The number of esters is 2. The summed E-state index contributed by atoms with van der Waals surface area (Å²) in [5.41, 5.74) is 0. The fourth-order valence-corrected chi connectivity index (χ4v) is 5.20. The molecule has 5 nitrogen and oxygen atoms in total. The molecule has 1 saturated carbocycles. The Hall–Kier alpha value is -1.40. The first kappa shape index (κ1) is 19.9. The van der Waals surface area contributed by atoms with Gasteiger partial charge >= 0.3 is 11.9 Å². The molecule has 0 heterocycles. The zero-order valence-corrected chi connectivity index (χ0v) is 15.9. The molecular formula is C18H23ClO5S. The van der Waals surface area contributed by atoms with E-state index in [4.69, 9.17) is 21.1 Å². The molecule has 1 aliphatic rings. The van der Waals surface area contributed by atoms with Crippen LogP contribution in [0.1, 0.15) is 26.7 Å². The molecule has 0 bridgehead atoms. The van der Waals surface area contributed by atoms with Crippen molar-refractivity contribution in [3.63, 3.8) is 0 Å². The van der Waals surface area contributed by atoms with Gasteiger partial charge in [-0.3, -0.25) is 13.8 Å². The van der Waals surface area contributed by atoms with Gasteiger partial charge < -0.3 is 9.47 Å². The second-order valence-corrected chi connectivity index (χ2v) is 8.09. The maximum absolute atomic E-state index is 12.9. The Labute approximate surface area is 155 Å². The maximum atomic E-state index is 12.9. The van der Waals surface area contributed by atoms with Crippen LogP contribution < -0.4 is 0 Å². The molecule has 1 aromatic rings. The molecule has 0 aliphatic heterocycles. The minimum Gasteiger partial charge on any atom is -0.466 e. The number of carbonyl (C=O) groups excluding carboxylic acids is 2. The number of ether oxygens (including phenoxy) is 2. The number of rotatable bonds is 6. The summed E-state index contributed by atoms with van der Waals surface area (Å²) in [7, 11) is -1.36. The molecule has 0 unspecified atom stereocenters. The Morgan fingerprint density at radius 3 is 2.08 bits per heavy atom. The molecule has 2 rings (SSSR count). The van der Waals surface area contributed by atoms with E-state index in [1.807, 2.05) is 18.2 Å². The molecule has 0 aromatic heterocycles. The highest BCUT2D eigenvalue weighted by molar-refractivity contribution is 7.85. The zero-order valence-electron chi connectivity index (χ0n) is 14.4. The number of benzene rings is 1. The molecule has 0 radical (unpaired) electrons. The van der Waals surface area contributed by atoms with Crippen molar-refractivity contribution in [2.75, 3.05) is 13.2 Å². The van der Waals surface area contributed by atoms with Crippen LogP contribution in [0.5, 0.6) is 0 Å². The predicted molar refractivity (Wildman–Crippen MR) is 95.8 cm³/mol. The maximum Gasteiger partial charge on any atom is 0.309 e. The third kappa shape index (κ3) is 4.82. The molecule has 0 spiro atoms. The topological polar surface area (TPSA) is 69.7 Å². The summed E-state index contributed by atoms with van der Waals surface area (Å²) in [5, 5.41) is -0.912. The third-order valence-corrected chi connectivity index (χ3v) is 6.72. The monoisotopic (exact) mass is 386 g/mol. The van der Waals surface area contributed by atoms with Gasteiger partial charge in [-0.2, -0.15) is 0 Å². The minimum atomic E-state index is -1.36. The molecule has 1 aromatic carbocycles. The van der Waals surface area contributed by atoms with E-state index in [1.165, 1.54) is 0 Å². The van der Waals surface area contributed by atoms with Gasteiger partial charge in [0, 0.05) is 10.3 Å². The lowest BCUT2D eigenvalue weighted by atomic mass is 9.78. The van der Waals surface area contributed by atoms with Crippen LogP contribution in [-0.2, 0) is 29.9 Å². The summed E-state index contributed by atoms with van der Waals surface area (Å²) >= 11 is 6.46. The Balaban J connectivity index is 2.24. The van der Waals surface area contributed by atoms with E-state index < -0.39 is 45.2 Å². The molecular weight excluding hydrogens is 364 g/mol. The molecule has 1 aliphatic carbocycles. The minimum absolute atomic E-state index is 0.224. The highest BCUT2D eigenvalue weighted by atomic mass is 35.5.